The molecular formula is C19H19N3O4S. The predicted molar refractivity (Wildman–Crippen MR) is 101 cm³/mol. The zero-order valence-corrected chi connectivity index (χ0v) is 15.6. The van der Waals surface area contributed by atoms with E-state index in [-0.39, 0.29) is 4.90 Å². The van der Waals surface area contributed by atoms with Crippen LogP contribution in [0.3, 0.4) is 0 Å². The number of benzene rings is 2. The number of aromatic nitrogens is 2. The van der Waals surface area contributed by atoms with Gasteiger partial charge in [0.2, 0.25) is 0 Å². The Morgan fingerprint density at radius 1 is 1.07 bits per heavy atom. The first-order chi connectivity index (χ1) is 13.0. The van der Waals surface area contributed by atoms with Gasteiger partial charge in [-0.3, -0.25) is 9.40 Å². The lowest BCUT2D eigenvalue weighted by Gasteiger charge is -2.19. The molecule has 0 unspecified atom stereocenters. The van der Waals surface area contributed by atoms with E-state index in [0.717, 1.165) is 5.56 Å². The maximum Gasteiger partial charge on any atom is 0.265 e. The summed E-state index contributed by atoms with van der Waals surface area (Å²) in [5.41, 5.74) is 1.90. The van der Waals surface area contributed by atoms with E-state index >= 15 is 0 Å². The highest BCUT2D eigenvalue weighted by molar-refractivity contribution is 7.92. The standard InChI is InChI=1S/C19H19N3O4S/c1-14-19(13-22(20-14)12-15-5-3-2-4-6-15)27(23,24)21-16-7-8-17-18(11-16)26-10-9-25-17/h2-8,11,13,21H,9-10,12H2,1H3. The Morgan fingerprint density at radius 3 is 2.59 bits per heavy atom. The van der Waals surface area contributed by atoms with E-state index in [1.54, 1.807) is 36.0 Å². The summed E-state index contributed by atoms with van der Waals surface area (Å²) in [4.78, 5) is 0.147. The Bertz CT molecular complexity index is 1060. The summed E-state index contributed by atoms with van der Waals surface area (Å²) < 4.78 is 40.8. The molecule has 27 heavy (non-hydrogen) atoms. The first-order valence-electron chi connectivity index (χ1n) is 8.52. The number of ether oxygens (including phenoxy) is 2. The van der Waals surface area contributed by atoms with E-state index < -0.39 is 10.0 Å². The number of rotatable bonds is 5. The number of aryl methyl sites for hydroxylation is 1. The summed E-state index contributed by atoms with van der Waals surface area (Å²) in [6.07, 6.45) is 1.54. The molecule has 0 atom stereocenters. The SMILES string of the molecule is Cc1nn(Cc2ccccc2)cc1S(=O)(=O)Nc1ccc2c(c1)OCCO2. The third-order valence-electron chi connectivity index (χ3n) is 4.17. The Hall–Kier alpha value is -3.00. The minimum Gasteiger partial charge on any atom is -0.486 e. The molecule has 2 aromatic carbocycles. The Balaban J connectivity index is 1.57. The first-order valence-corrected chi connectivity index (χ1v) is 10.00. The largest absolute Gasteiger partial charge is 0.486 e. The fraction of sp³-hybridized carbons (Fsp3) is 0.211. The molecule has 1 N–H and O–H groups in total. The molecule has 0 aliphatic carbocycles. The van der Waals surface area contributed by atoms with Crippen molar-refractivity contribution < 1.29 is 17.9 Å². The van der Waals surface area contributed by atoms with Crippen LogP contribution in [0.15, 0.2) is 59.6 Å². The molecule has 0 saturated heterocycles. The van der Waals surface area contributed by atoms with Gasteiger partial charge in [-0.1, -0.05) is 30.3 Å². The molecule has 0 spiro atoms. The molecule has 7 nitrogen and oxygen atoms in total. The van der Waals surface area contributed by atoms with Crippen LogP contribution in [0.1, 0.15) is 11.3 Å². The third-order valence-corrected chi connectivity index (χ3v) is 5.66. The highest BCUT2D eigenvalue weighted by atomic mass is 32.2. The minimum absolute atomic E-state index is 0.147. The second kappa shape index (κ2) is 6.96. The summed E-state index contributed by atoms with van der Waals surface area (Å²) in [6, 6.07) is 14.7. The molecule has 0 amide bonds. The van der Waals surface area contributed by atoms with Gasteiger partial charge in [0, 0.05) is 12.3 Å². The maximum atomic E-state index is 12.8. The highest BCUT2D eigenvalue weighted by Crippen LogP contribution is 2.33. The van der Waals surface area contributed by atoms with Crippen molar-refractivity contribution in [1.29, 1.82) is 0 Å². The molecule has 1 aliphatic rings. The molecule has 0 bridgehead atoms. The lowest BCUT2D eigenvalue weighted by atomic mass is 10.2. The van der Waals surface area contributed by atoms with Crippen LogP contribution in [0.2, 0.25) is 0 Å². The number of anilines is 1. The van der Waals surface area contributed by atoms with Crippen molar-refractivity contribution in [2.75, 3.05) is 17.9 Å². The molecule has 140 valence electrons. The van der Waals surface area contributed by atoms with Crippen LogP contribution >= 0.6 is 0 Å². The van der Waals surface area contributed by atoms with E-state index in [0.29, 0.717) is 42.6 Å². The highest BCUT2D eigenvalue weighted by Gasteiger charge is 2.22. The molecule has 0 fully saturated rings. The van der Waals surface area contributed by atoms with E-state index in [1.807, 2.05) is 30.3 Å². The van der Waals surface area contributed by atoms with Crippen LogP contribution in [0.5, 0.6) is 11.5 Å². The lowest BCUT2D eigenvalue weighted by Crippen LogP contribution is -2.17. The number of hydrogen-bond acceptors (Lipinski definition) is 5. The second-order valence-corrected chi connectivity index (χ2v) is 7.88. The molecule has 4 rings (SSSR count). The van der Waals surface area contributed by atoms with Gasteiger partial charge >= 0.3 is 0 Å². The van der Waals surface area contributed by atoms with E-state index in [2.05, 4.69) is 9.82 Å². The molecule has 3 aromatic rings. The molecule has 0 saturated carbocycles. The molecule has 0 radical (unpaired) electrons. The average molecular weight is 385 g/mol. The Kier molecular flexibility index (Phi) is 4.49. The number of fused-ring (bicyclic) bond motifs is 1. The number of nitrogens with one attached hydrogen (secondary N) is 1. The zero-order chi connectivity index (χ0) is 18.9. The number of hydrogen-bond donors (Lipinski definition) is 1. The van der Waals surface area contributed by atoms with Crippen LogP contribution < -0.4 is 14.2 Å². The number of sulfonamides is 1. The minimum atomic E-state index is -3.77. The maximum absolute atomic E-state index is 12.8. The van der Waals surface area contributed by atoms with Crippen molar-refractivity contribution in [3.05, 3.63) is 66.0 Å². The van der Waals surface area contributed by atoms with Crippen LogP contribution in [0, 0.1) is 6.92 Å². The van der Waals surface area contributed by atoms with Crippen molar-refractivity contribution in [3.63, 3.8) is 0 Å². The first kappa shape index (κ1) is 17.4. The van der Waals surface area contributed by atoms with Gasteiger partial charge < -0.3 is 9.47 Å². The van der Waals surface area contributed by atoms with Crippen molar-refractivity contribution >= 4 is 15.7 Å². The monoisotopic (exact) mass is 385 g/mol. The second-order valence-electron chi connectivity index (χ2n) is 6.23. The van der Waals surface area contributed by atoms with Gasteiger partial charge in [-0.15, -0.1) is 0 Å². The summed E-state index contributed by atoms with van der Waals surface area (Å²) in [5.74, 6) is 1.13. The van der Waals surface area contributed by atoms with E-state index in [4.69, 9.17) is 9.47 Å². The summed E-state index contributed by atoms with van der Waals surface area (Å²) in [6.45, 7) is 3.10. The van der Waals surface area contributed by atoms with Crippen LogP contribution in [-0.4, -0.2) is 31.4 Å². The smallest absolute Gasteiger partial charge is 0.265 e. The molecule has 1 aromatic heterocycles. The quantitative estimate of drug-likeness (QED) is 0.730. The van der Waals surface area contributed by atoms with Crippen molar-refractivity contribution in [2.45, 2.75) is 18.4 Å². The molecule has 2 heterocycles. The third kappa shape index (κ3) is 3.75. The summed E-state index contributed by atoms with van der Waals surface area (Å²) >= 11 is 0. The normalized spacial score (nSPS) is 13.4. The van der Waals surface area contributed by atoms with Gasteiger partial charge in [0.1, 0.15) is 18.1 Å². The zero-order valence-electron chi connectivity index (χ0n) is 14.8. The van der Waals surface area contributed by atoms with Crippen LogP contribution in [-0.2, 0) is 16.6 Å². The fourth-order valence-electron chi connectivity index (χ4n) is 2.93. The van der Waals surface area contributed by atoms with Gasteiger partial charge in [-0.05, 0) is 24.6 Å². The Labute approximate surface area is 157 Å². The van der Waals surface area contributed by atoms with Gasteiger partial charge in [0.05, 0.1) is 17.9 Å². The fourth-order valence-corrected chi connectivity index (χ4v) is 4.17. The van der Waals surface area contributed by atoms with Gasteiger partial charge in [0.25, 0.3) is 10.0 Å². The summed E-state index contributed by atoms with van der Waals surface area (Å²) in [5, 5.41) is 4.34. The molecular weight excluding hydrogens is 366 g/mol. The van der Waals surface area contributed by atoms with Crippen LogP contribution in [0.4, 0.5) is 5.69 Å². The van der Waals surface area contributed by atoms with Gasteiger partial charge in [-0.25, -0.2) is 8.42 Å². The Morgan fingerprint density at radius 2 is 1.81 bits per heavy atom. The topological polar surface area (TPSA) is 82.5 Å². The van der Waals surface area contributed by atoms with E-state index in [1.165, 1.54) is 0 Å². The molecule has 8 heteroatoms. The van der Waals surface area contributed by atoms with Crippen LogP contribution in [0.25, 0.3) is 0 Å². The van der Waals surface area contributed by atoms with Gasteiger partial charge in [-0.2, -0.15) is 5.10 Å². The van der Waals surface area contributed by atoms with E-state index in [9.17, 15) is 8.42 Å². The van der Waals surface area contributed by atoms with Crippen molar-refractivity contribution in [2.24, 2.45) is 0 Å². The van der Waals surface area contributed by atoms with Gasteiger partial charge in [0.15, 0.2) is 11.5 Å². The van der Waals surface area contributed by atoms with Crippen molar-refractivity contribution in [3.8, 4) is 11.5 Å². The average Bonchev–Trinajstić information content (AvgIpc) is 3.03. The summed E-state index contributed by atoms with van der Waals surface area (Å²) in [7, 11) is -3.77. The number of nitrogens with zero attached hydrogens (tertiary/aromatic N) is 2. The predicted octanol–water partition coefficient (Wildman–Crippen LogP) is 2.81. The lowest BCUT2D eigenvalue weighted by molar-refractivity contribution is 0.171. The molecule has 1 aliphatic heterocycles. The van der Waals surface area contributed by atoms with Crippen molar-refractivity contribution in [1.82, 2.24) is 9.78 Å².